The lowest BCUT2D eigenvalue weighted by Crippen LogP contribution is -2.45. The van der Waals surface area contributed by atoms with Gasteiger partial charge in [0.15, 0.2) is 5.11 Å². The molecule has 0 aliphatic heterocycles. The summed E-state index contributed by atoms with van der Waals surface area (Å²) in [5.41, 5.74) is 6.48. The van der Waals surface area contributed by atoms with E-state index in [4.69, 9.17) is 12.2 Å². The molecular formula is C12H12N4OS. The van der Waals surface area contributed by atoms with Gasteiger partial charge in [-0.2, -0.15) is 0 Å². The first kappa shape index (κ1) is 12.3. The molecule has 0 spiro atoms. The predicted octanol–water partition coefficient (Wildman–Crippen LogP) is 0.973. The van der Waals surface area contributed by atoms with E-state index in [0.29, 0.717) is 10.7 Å². The summed E-state index contributed by atoms with van der Waals surface area (Å²) in [4.78, 5) is 16.0. The number of nitrogens with zero attached hydrogens (tertiary/aromatic N) is 1. The summed E-state index contributed by atoms with van der Waals surface area (Å²) >= 11 is 4.85. The van der Waals surface area contributed by atoms with E-state index in [2.05, 4.69) is 21.2 Å². The van der Waals surface area contributed by atoms with E-state index in [-0.39, 0.29) is 5.91 Å². The highest BCUT2D eigenvalue weighted by Crippen LogP contribution is 2.12. The van der Waals surface area contributed by atoms with Gasteiger partial charge in [-0.05, 0) is 36.5 Å². The zero-order valence-electron chi connectivity index (χ0n) is 9.73. The molecule has 0 unspecified atom stereocenters. The van der Waals surface area contributed by atoms with Crippen LogP contribution in [-0.2, 0) is 0 Å². The van der Waals surface area contributed by atoms with Crippen LogP contribution in [-0.4, -0.2) is 23.1 Å². The molecule has 1 aromatic carbocycles. The Morgan fingerprint density at radius 2 is 2.11 bits per heavy atom. The third kappa shape index (κ3) is 2.72. The minimum atomic E-state index is -0.252. The van der Waals surface area contributed by atoms with Gasteiger partial charge in [-0.1, -0.05) is 6.07 Å². The number of carbonyl (C=O) groups excluding carboxylic acids is 1. The number of aromatic nitrogens is 1. The van der Waals surface area contributed by atoms with E-state index in [0.717, 1.165) is 10.9 Å². The fourth-order valence-electron chi connectivity index (χ4n) is 1.47. The van der Waals surface area contributed by atoms with Crippen molar-refractivity contribution in [1.29, 1.82) is 0 Å². The first-order valence-corrected chi connectivity index (χ1v) is 5.74. The van der Waals surface area contributed by atoms with Crippen molar-refractivity contribution in [1.82, 2.24) is 21.2 Å². The topological polar surface area (TPSA) is 66.0 Å². The highest BCUT2D eigenvalue weighted by Gasteiger charge is 2.06. The molecule has 92 valence electrons. The van der Waals surface area contributed by atoms with Crippen LogP contribution in [0, 0.1) is 0 Å². The predicted molar refractivity (Wildman–Crippen MR) is 74.0 cm³/mol. The first-order valence-electron chi connectivity index (χ1n) is 5.33. The molecule has 1 aromatic heterocycles. The number of amides is 1. The summed E-state index contributed by atoms with van der Waals surface area (Å²) in [5.74, 6) is -0.252. The van der Waals surface area contributed by atoms with Gasteiger partial charge in [-0.15, -0.1) is 0 Å². The van der Waals surface area contributed by atoms with Gasteiger partial charge in [0.1, 0.15) is 0 Å². The summed E-state index contributed by atoms with van der Waals surface area (Å²) in [7, 11) is 1.67. The minimum absolute atomic E-state index is 0.252. The molecular weight excluding hydrogens is 248 g/mol. The van der Waals surface area contributed by atoms with Crippen LogP contribution < -0.4 is 16.2 Å². The molecule has 0 atom stereocenters. The van der Waals surface area contributed by atoms with Gasteiger partial charge in [-0.3, -0.25) is 20.6 Å². The summed E-state index contributed by atoms with van der Waals surface area (Å²) in [6, 6.07) is 9.04. The van der Waals surface area contributed by atoms with Crippen molar-refractivity contribution in [3.8, 4) is 0 Å². The summed E-state index contributed by atoms with van der Waals surface area (Å²) in [6.07, 6.45) is 1.72. The van der Waals surface area contributed by atoms with Gasteiger partial charge >= 0.3 is 0 Å². The molecule has 2 aromatic rings. The van der Waals surface area contributed by atoms with Crippen LogP contribution in [0.4, 0.5) is 0 Å². The van der Waals surface area contributed by atoms with Gasteiger partial charge in [0.05, 0.1) is 5.52 Å². The molecule has 5 nitrogen and oxygen atoms in total. The normalized spacial score (nSPS) is 9.83. The van der Waals surface area contributed by atoms with Crippen molar-refractivity contribution in [2.45, 2.75) is 0 Å². The highest BCUT2D eigenvalue weighted by atomic mass is 32.1. The number of rotatable bonds is 1. The Morgan fingerprint density at radius 3 is 2.89 bits per heavy atom. The molecule has 0 saturated carbocycles. The largest absolute Gasteiger partial charge is 0.364 e. The molecule has 6 heteroatoms. The molecule has 0 aliphatic rings. The van der Waals surface area contributed by atoms with E-state index in [1.54, 1.807) is 31.4 Å². The van der Waals surface area contributed by atoms with Crippen LogP contribution in [0.15, 0.2) is 36.5 Å². The molecule has 1 heterocycles. The van der Waals surface area contributed by atoms with Crippen LogP contribution in [0.25, 0.3) is 10.9 Å². The quantitative estimate of drug-likeness (QED) is 0.527. The molecule has 2 rings (SSSR count). The van der Waals surface area contributed by atoms with Crippen molar-refractivity contribution in [3.05, 3.63) is 42.1 Å². The lowest BCUT2D eigenvalue weighted by atomic mass is 10.1. The maximum Gasteiger partial charge on any atom is 0.269 e. The number of hydrogen-bond donors (Lipinski definition) is 3. The fourth-order valence-corrected chi connectivity index (χ4v) is 1.52. The number of benzene rings is 1. The molecule has 0 aliphatic carbocycles. The number of pyridine rings is 1. The standard InChI is InChI=1S/C12H12N4OS/c1-13-12(18)16-15-11(17)9-4-5-10-8(7-9)3-2-6-14-10/h2-7H,1H3,(H,15,17)(H2,13,16,18). The van der Waals surface area contributed by atoms with Gasteiger partial charge in [0.25, 0.3) is 5.91 Å². The summed E-state index contributed by atoms with van der Waals surface area (Å²) in [5, 5.41) is 3.97. The van der Waals surface area contributed by atoms with Crippen LogP contribution >= 0.6 is 12.2 Å². The highest BCUT2D eigenvalue weighted by molar-refractivity contribution is 7.80. The van der Waals surface area contributed by atoms with Crippen molar-refractivity contribution in [2.24, 2.45) is 0 Å². The third-order valence-electron chi connectivity index (χ3n) is 2.38. The number of hydrogen-bond acceptors (Lipinski definition) is 3. The molecule has 3 N–H and O–H groups in total. The summed E-state index contributed by atoms with van der Waals surface area (Å²) < 4.78 is 0. The average Bonchev–Trinajstić information content (AvgIpc) is 2.43. The number of hydrazine groups is 1. The monoisotopic (exact) mass is 260 g/mol. The second kappa shape index (κ2) is 5.42. The molecule has 0 radical (unpaired) electrons. The molecule has 0 fully saturated rings. The molecule has 0 bridgehead atoms. The zero-order valence-corrected chi connectivity index (χ0v) is 10.5. The SMILES string of the molecule is CNC(=S)NNC(=O)c1ccc2ncccc2c1. The van der Waals surface area contributed by atoms with Gasteiger partial charge in [0.2, 0.25) is 0 Å². The second-order valence-electron chi connectivity index (χ2n) is 3.57. The molecule has 18 heavy (non-hydrogen) atoms. The Bertz CT molecular complexity index is 599. The Hall–Kier alpha value is -2.21. The smallest absolute Gasteiger partial charge is 0.269 e. The van der Waals surface area contributed by atoms with E-state index in [1.807, 2.05) is 12.1 Å². The van der Waals surface area contributed by atoms with Crippen LogP contribution in [0.1, 0.15) is 10.4 Å². The van der Waals surface area contributed by atoms with E-state index in [9.17, 15) is 4.79 Å². The van der Waals surface area contributed by atoms with Crippen molar-refractivity contribution in [2.75, 3.05) is 7.05 Å². The van der Waals surface area contributed by atoms with Gasteiger partial charge in [0, 0.05) is 24.2 Å². The Kier molecular flexibility index (Phi) is 3.69. The lowest BCUT2D eigenvalue weighted by Gasteiger charge is -2.09. The molecule has 0 saturated heterocycles. The number of nitrogens with one attached hydrogen (secondary N) is 3. The van der Waals surface area contributed by atoms with Crippen LogP contribution in [0.3, 0.4) is 0 Å². The Labute approximate surface area is 110 Å². The Balaban J connectivity index is 2.15. The van der Waals surface area contributed by atoms with Gasteiger partial charge < -0.3 is 5.32 Å². The lowest BCUT2D eigenvalue weighted by molar-refractivity contribution is 0.0944. The number of thiocarbonyl (C=S) groups is 1. The van der Waals surface area contributed by atoms with E-state index in [1.165, 1.54) is 0 Å². The fraction of sp³-hybridized carbons (Fsp3) is 0.0833. The van der Waals surface area contributed by atoms with Crippen LogP contribution in [0.2, 0.25) is 0 Å². The second-order valence-corrected chi connectivity index (χ2v) is 3.98. The summed E-state index contributed by atoms with van der Waals surface area (Å²) in [6.45, 7) is 0. The average molecular weight is 260 g/mol. The Morgan fingerprint density at radius 1 is 1.28 bits per heavy atom. The number of fused-ring (bicyclic) bond motifs is 1. The van der Waals surface area contributed by atoms with E-state index >= 15 is 0 Å². The first-order chi connectivity index (χ1) is 8.70. The van der Waals surface area contributed by atoms with E-state index < -0.39 is 0 Å². The third-order valence-corrected chi connectivity index (χ3v) is 2.69. The van der Waals surface area contributed by atoms with Gasteiger partial charge in [-0.25, -0.2) is 0 Å². The van der Waals surface area contributed by atoms with Crippen molar-refractivity contribution >= 4 is 34.1 Å². The number of carbonyl (C=O) groups is 1. The maximum atomic E-state index is 11.8. The molecule has 1 amide bonds. The minimum Gasteiger partial charge on any atom is -0.364 e. The van der Waals surface area contributed by atoms with Crippen molar-refractivity contribution < 1.29 is 4.79 Å². The maximum absolute atomic E-state index is 11.8. The van der Waals surface area contributed by atoms with Crippen molar-refractivity contribution in [3.63, 3.8) is 0 Å². The zero-order chi connectivity index (χ0) is 13.0. The van der Waals surface area contributed by atoms with Crippen LogP contribution in [0.5, 0.6) is 0 Å².